The van der Waals surface area contributed by atoms with Crippen LogP contribution in [0.1, 0.15) is 97.6 Å². The molecule has 0 unspecified atom stereocenters. The molecule has 0 nitrogen and oxygen atoms in total. The molecule has 2 aliphatic rings. The maximum atomic E-state index is 4.93. The molecule has 0 atom stereocenters. The van der Waals surface area contributed by atoms with Gasteiger partial charge in [0.2, 0.25) is 0 Å². The Bertz CT molecular complexity index is 1370. The monoisotopic (exact) mass is 666 g/mol. The predicted octanol–water partition coefficient (Wildman–Crippen LogP) is 10.9. The van der Waals surface area contributed by atoms with Crippen LogP contribution in [0.4, 0.5) is 0 Å². The fourth-order valence-corrected chi connectivity index (χ4v) is 17.3. The summed E-state index contributed by atoms with van der Waals surface area (Å²) in [4.78, 5) is 0. The summed E-state index contributed by atoms with van der Waals surface area (Å²) in [6.07, 6.45) is 14.3. The average molecular weight is 669 g/mol. The zero-order valence-electron chi connectivity index (χ0n) is 25.4. The van der Waals surface area contributed by atoms with Crippen LogP contribution in [0.3, 0.4) is 0 Å². The summed E-state index contributed by atoms with van der Waals surface area (Å²) in [5.41, 5.74) is 10.9. The summed E-state index contributed by atoms with van der Waals surface area (Å²) in [5.74, 6) is 0. The first kappa shape index (κ1) is 30.8. The molecule has 4 heteroatoms. The van der Waals surface area contributed by atoms with Crippen molar-refractivity contribution in [2.24, 2.45) is 0 Å². The van der Waals surface area contributed by atoms with Crippen LogP contribution in [0.5, 0.6) is 0 Å². The van der Waals surface area contributed by atoms with Gasteiger partial charge in [-0.1, -0.05) is 126 Å². The summed E-state index contributed by atoms with van der Waals surface area (Å²) in [6, 6.07) is 14.8. The maximum absolute atomic E-state index is 4.93. The predicted molar refractivity (Wildman–Crippen MR) is 178 cm³/mol. The Morgan fingerprint density at radius 1 is 0.575 bits per heavy atom. The molecule has 4 aromatic carbocycles. The third-order valence-corrected chi connectivity index (χ3v) is 17.4. The van der Waals surface area contributed by atoms with Gasteiger partial charge in [0.05, 0.1) is 0 Å². The fraction of sp³-hybridized carbons (Fsp3) is 0.500. The summed E-state index contributed by atoms with van der Waals surface area (Å²) in [5, 5.41) is 10.1. The number of aryl methyl sites for hydroxylation is 6. The summed E-state index contributed by atoms with van der Waals surface area (Å²) >= 11 is -0.826. The molecule has 4 aromatic rings. The molecule has 0 radical (unpaired) electrons. The first-order valence-corrected chi connectivity index (χ1v) is 24.0. The number of rotatable bonds is 4. The Kier molecular flexibility index (Phi) is 9.94. The van der Waals surface area contributed by atoms with E-state index in [-0.39, 0.29) is 0 Å². The van der Waals surface area contributed by atoms with Crippen LogP contribution in [0, 0.1) is 41.5 Å². The molecule has 0 amide bonds. The first-order valence-electron chi connectivity index (χ1n) is 15.6. The van der Waals surface area contributed by atoms with E-state index < -0.39 is 28.9 Å². The number of hydrogen-bond donors (Lipinski definition) is 0. The van der Waals surface area contributed by atoms with Gasteiger partial charge in [-0.15, -0.1) is 68.1 Å². The molecule has 0 saturated heterocycles. The van der Waals surface area contributed by atoms with Crippen molar-refractivity contribution in [3.05, 3.63) is 69.8 Å². The zero-order valence-corrected chi connectivity index (χ0v) is 30.4. The van der Waals surface area contributed by atoms with E-state index in [1.54, 1.807) is 21.9 Å². The van der Waals surface area contributed by atoms with Gasteiger partial charge in [0, 0.05) is 8.07 Å². The van der Waals surface area contributed by atoms with E-state index in [0.29, 0.717) is 0 Å². The van der Waals surface area contributed by atoms with E-state index >= 15 is 0 Å². The molecule has 40 heavy (non-hydrogen) atoms. The van der Waals surface area contributed by atoms with Crippen LogP contribution < -0.4 is 10.4 Å². The second-order valence-corrected chi connectivity index (χ2v) is 21.1. The average Bonchev–Trinajstić information content (AvgIpc) is 3.50. The molecule has 0 aromatic heterocycles. The van der Waals surface area contributed by atoms with E-state index in [4.69, 9.17) is 17.0 Å². The molecule has 0 heterocycles. The molecule has 2 fully saturated rings. The third-order valence-electron chi connectivity index (χ3n) is 10.7. The van der Waals surface area contributed by atoms with Crippen LogP contribution >= 0.6 is 17.0 Å². The minimum atomic E-state index is -2.17. The quantitative estimate of drug-likeness (QED) is 0.150. The normalized spacial score (nSPS) is 17.2. The van der Waals surface area contributed by atoms with Crippen molar-refractivity contribution >= 4 is 57.0 Å². The van der Waals surface area contributed by atoms with Crippen molar-refractivity contribution in [2.45, 2.75) is 117 Å². The van der Waals surface area contributed by atoms with Crippen LogP contribution in [-0.2, 0) is 20.8 Å². The standard InChI is InChI=1S/C36H46Si.2ClH.Zr/c1-23-17-19-25(3)33-31(23)21-27(5)35(33)37(29-13-9-7-10-14-29,30-15-11-8-12-16-30)36-28(6)22-32-24(2)18-20-26(4)34(32)36;;;/h17-22,29-30H,7-16H2,1-6H3;2*1H;/q-2;;;+4/p-2. The molecule has 0 N–H and O–H groups in total. The Balaban J connectivity index is 0.00000103. The first-order chi connectivity index (χ1) is 19.3. The summed E-state index contributed by atoms with van der Waals surface area (Å²) in [6.45, 7) is 14.5. The minimum absolute atomic E-state index is 0.826. The fourth-order valence-electron chi connectivity index (χ4n) is 9.13. The summed E-state index contributed by atoms with van der Waals surface area (Å²) in [7, 11) is 7.70. The topological polar surface area (TPSA) is 0 Å². The van der Waals surface area contributed by atoms with E-state index in [9.17, 15) is 0 Å². The molecule has 212 valence electrons. The van der Waals surface area contributed by atoms with Crippen molar-refractivity contribution in [2.75, 3.05) is 0 Å². The molecule has 0 bridgehead atoms. The van der Waals surface area contributed by atoms with Gasteiger partial charge in [-0.25, -0.2) is 0 Å². The van der Waals surface area contributed by atoms with Gasteiger partial charge in [-0.3, -0.25) is 0 Å². The van der Waals surface area contributed by atoms with Gasteiger partial charge in [0.1, 0.15) is 0 Å². The Morgan fingerprint density at radius 2 is 0.900 bits per heavy atom. The van der Waals surface area contributed by atoms with Crippen molar-refractivity contribution < 1.29 is 20.8 Å². The Morgan fingerprint density at radius 3 is 1.25 bits per heavy atom. The van der Waals surface area contributed by atoms with E-state index in [1.165, 1.54) is 97.2 Å². The number of hydrogen-bond acceptors (Lipinski definition) is 0. The van der Waals surface area contributed by atoms with Gasteiger partial charge in [0.25, 0.3) is 0 Å². The van der Waals surface area contributed by atoms with Crippen molar-refractivity contribution in [3.8, 4) is 0 Å². The van der Waals surface area contributed by atoms with Gasteiger partial charge < -0.3 is 0 Å². The molecule has 2 saturated carbocycles. The molecule has 0 aliphatic heterocycles. The van der Waals surface area contributed by atoms with E-state index in [1.807, 2.05) is 10.4 Å². The molecule has 0 spiro atoms. The van der Waals surface area contributed by atoms with Gasteiger partial charge in [-0.2, -0.15) is 10.4 Å². The van der Waals surface area contributed by atoms with Crippen LogP contribution in [-0.4, -0.2) is 8.07 Å². The van der Waals surface area contributed by atoms with Crippen molar-refractivity contribution in [1.29, 1.82) is 0 Å². The van der Waals surface area contributed by atoms with Crippen LogP contribution in [0.15, 0.2) is 36.4 Å². The molecule has 2 aliphatic carbocycles. The molecule has 6 rings (SSSR count). The van der Waals surface area contributed by atoms with Gasteiger partial charge >= 0.3 is 37.9 Å². The molecular formula is C36H46Cl2SiZr. The number of benzene rings is 2. The van der Waals surface area contributed by atoms with Gasteiger partial charge in [-0.05, 0) is 13.8 Å². The Labute approximate surface area is 262 Å². The van der Waals surface area contributed by atoms with E-state index in [2.05, 4.69) is 77.9 Å². The number of fused-ring (bicyclic) bond motifs is 2. The number of halogens is 2. The van der Waals surface area contributed by atoms with E-state index in [0.717, 1.165) is 11.1 Å². The third kappa shape index (κ3) is 5.20. The van der Waals surface area contributed by atoms with Gasteiger partial charge in [0.15, 0.2) is 0 Å². The SMILES string of the molecule is Cc1[cH-]c2c(C)ccc(C)c2c1[Si](c1c(C)[cH-]c2c(C)ccc(C)c12)(C1CCCCC1)C1CCCCC1.[Cl][Zr+2][Cl]. The Hall–Kier alpha value is -0.660. The van der Waals surface area contributed by atoms with Crippen LogP contribution in [0.2, 0.25) is 11.1 Å². The second kappa shape index (κ2) is 12.9. The molecular weight excluding hydrogens is 623 g/mol. The summed E-state index contributed by atoms with van der Waals surface area (Å²) < 4.78 is 0. The van der Waals surface area contributed by atoms with Crippen molar-refractivity contribution in [3.63, 3.8) is 0 Å². The van der Waals surface area contributed by atoms with Crippen molar-refractivity contribution in [1.82, 2.24) is 0 Å². The second-order valence-electron chi connectivity index (χ2n) is 13.0. The zero-order chi connectivity index (χ0) is 28.6. The van der Waals surface area contributed by atoms with Crippen LogP contribution in [0.25, 0.3) is 21.5 Å².